The van der Waals surface area contributed by atoms with Crippen molar-refractivity contribution in [1.29, 1.82) is 0 Å². The Bertz CT molecular complexity index is 1280. The number of benzene rings is 3. The Labute approximate surface area is 216 Å². The summed E-state index contributed by atoms with van der Waals surface area (Å²) in [6.07, 6.45) is 0.405. The molecule has 0 saturated carbocycles. The summed E-state index contributed by atoms with van der Waals surface area (Å²) in [5.74, 6) is 1.97. The third-order valence-corrected chi connectivity index (χ3v) is 6.08. The average Bonchev–Trinajstić information content (AvgIpc) is 3.42. The van der Waals surface area contributed by atoms with Crippen LogP contribution in [0.5, 0.6) is 11.5 Å². The lowest BCUT2D eigenvalue weighted by atomic mass is 10.1. The lowest BCUT2D eigenvalue weighted by Crippen LogP contribution is -2.37. The summed E-state index contributed by atoms with van der Waals surface area (Å²) in [4.78, 5) is 19.6. The van der Waals surface area contributed by atoms with E-state index in [-0.39, 0.29) is 18.6 Å². The first-order valence-corrected chi connectivity index (χ1v) is 12.1. The van der Waals surface area contributed by atoms with E-state index in [1.807, 2.05) is 73.7 Å². The molecule has 1 aromatic heterocycles. The van der Waals surface area contributed by atoms with Crippen LogP contribution in [0.25, 0.3) is 11.4 Å². The van der Waals surface area contributed by atoms with Gasteiger partial charge in [-0.3, -0.25) is 4.79 Å². The van der Waals surface area contributed by atoms with Crippen molar-refractivity contribution < 1.29 is 23.5 Å². The van der Waals surface area contributed by atoms with E-state index < -0.39 is 0 Å². The van der Waals surface area contributed by atoms with Crippen LogP contribution in [0.4, 0.5) is 0 Å². The van der Waals surface area contributed by atoms with E-state index >= 15 is 0 Å². The molecule has 0 radical (unpaired) electrons. The second-order valence-electron chi connectivity index (χ2n) is 8.48. The molecule has 4 aromatic rings. The number of carbonyl (C=O) groups is 1. The van der Waals surface area contributed by atoms with Crippen molar-refractivity contribution in [3.8, 4) is 22.9 Å². The maximum absolute atomic E-state index is 13.2. The Hall–Kier alpha value is -4.17. The highest BCUT2D eigenvalue weighted by Gasteiger charge is 2.23. The molecule has 1 heterocycles. The Kier molecular flexibility index (Phi) is 8.89. The lowest BCUT2D eigenvalue weighted by Gasteiger charge is -2.29. The van der Waals surface area contributed by atoms with Gasteiger partial charge >= 0.3 is 0 Å². The van der Waals surface area contributed by atoms with Crippen LogP contribution in [0, 0.1) is 0 Å². The van der Waals surface area contributed by atoms with Crippen molar-refractivity contribution >= 4 is 5.91 Å². The first-order valence-electron chi connectivity index (χ1n) is 12.1. The molecule has 4 rings (SSSR count). The minimum atomic E-state index is -0.151. The van der Waals surface area contributed by atoms with Gasteiger partial charge in [0.25, 0.3) is 0 Å². The third kappa shape index (κ3) is 6.74. The first-order chi connectivity index (χ1) is 18.1. The number of rotatable bonds is 12. The summed E-state index contributed by atoms with van der Waals surface area (Å²) in [5.41, 5.74) is 2.80. The van der Waals surface area contributed by atoms with Crippen molar-refractivity contribution in [3.63, 3.8) is 0 Å². The number of hydrogen-bond donors (Lipinski definition) is 0. The van der Waals surface area contributed by atoms with Crippen LogP contribution >= 0.6 is 0 Å². The second-order valence-corrected chi connectivity index (χ2v) is 8.48. The summed E-state index contributed by atoms with van der Waals surface area (Å²) in [6.45, 7) is 2.76. The molecule has 1 amide bonds. The minimum absolute atomic E-state index is 0.0210. The van der Waals surface area contributed by atoms with E-state index in [2.05, 4.69) is 10.1 Å². The van der Waals surface area contributed by atoms with Gasteiger partial charge in [0.05, 0.1) is 26.9 Å². The van der Waals surface area contributed by atoms with Gasteiger partial charge in [-0.2, -0.15) is 4.98 Å². The van der Waals surface area contributed by atoms with E-state index in [1.54, 1.807) is 31.3 Å². The molecule has 0 spiro atoms. The average molecular weight is 502 g/mol. The van der Waals surface area contributed by atoms with Crippen LogP contribution in [-0.2, 0) is 22.6 Å². The van der Waals surface area contributed by atoms with E-state index in [0.29, 0.717) is 42.8 Å². The van der Waals surface area contributed by atoms with Gasteiger partial charge < -0.3 is 23.6 Å². The van der Waals surface area contributed by atoms with Gasteiger partial charge in [0, 0.05) is 18.5 Å². The topological polar surface area (TPSA) is 86.9 Å². The first kappa shape index (κ1) is 25.9. The van der Waals surface area contributed by atoms with Crippen LogP contribution in [0.1, 0.15) is 30.0 Å². The highest BCUT2D eigenvalue weighted by atomic mass is 16.5. The van der Waals surface area contributed by atoms with Crippen molar-refractivity contribution in [3.05, 3.63) is 95.9 Å². The quantitative estimate of drug-likeness (QED) is 0.267. The van der Waals surface area contributed by atoms with Gasteiger partial charge in [-0.1, -0.05) is 65.8 Å². The van der Waals surface area contributed by atoms with Gasteiger partial charge in [-0.05, 0) is 36.2 Å². The lowest BCUT2D eigenvalue weighted by molar-refractivity contribution is -0.138. The van der Waals surface area contributed by atoms with Crippen molar-refractivity contribution in [2.45, 2.75) is 26.0 Å². The number of nitrogens with zero attached hydrogens (tertiary/aromatic N) is 3. The standard InChI is InChI=1S/C29H31N3O5/c1-21(23-12-8-5-9-13-23)32(28(33)20-36-19-22-10-6-4-7-11-22)17-16-27-30-29(31-37-27)24-14-15-25(34-2)26(18-24)35-3/h4-15,18,21H,16-17,19-20H2,1-3H3/t21-/m0/s1. The maximum atomic E-state index is 13.2. The molecule has 0 aliphatic carbocycles. The minimum Gasteiger partial charge on any atom is -0.493 e. The van der Waals surface area contributed by atoms with Gasteiger partial charge in [-0.15, -0.1) is 0 Å². The Morgan fingerprint density at radius 3 is 2.35 bits per heavy atom. The predicted molar refractivity (Wildman–Crippen MR) is 139 cm³/mol. The fraction of sp³-hybridized carbons (Fsp3) is 0.276. The number of amides is 1. The molecule has 0 N–H and O–H groups in total. The zero-order chi connectivity index (χ0) is 26.0. The molecular formula is C29H31N3O5. The van der Waals surface area contributed by atoms with E-state index in [1.165, 1.54) is 0 Å². The number of hydrogen-bond acceptors (Lipinski definition) is 7. The molecule has 8 nitrogen and oxygen atoms in total. The van der Waals surface area contributed by atoms with E-state index in [9.17, 15) is 4.79 Å². The summed E-state index contributed by atoms with van der Waals surface area (Å²) in [5, 5.41) is 4.12. The van der Waals surface area contributed by atoms with Crippen LogP contribution < -0.4 is 9.47 Å². The normalized spacial score (nSPS) is 11.6. The molecule has 0 saturated heterocycles. The van der Waals surface area contributed by atoms with Crippen LogP contribution in [-0.4, -0.2) is 48.3 Å². The van der Waals surface area contributed by atoms with Gasteiger partial charge in [0.1, 0.15) is 6.61 Å². The third-order valence-electron chi connectivity index (χ3n) is 6.08. The van der Waals surface area contributed by atoms with Crippen molar-refractivity contribution in [1.82, 2.24) is 15.0 Å². The summed E-state index contributed by atoms with van der Waals surface area (Å²) in [7, 11) is 3.16. The number of ether oxygens (including phenoxy) is 3. The van der Waals surface area contributed by atoms with Crippen LogP contribution in [0.15, 0.2) is 83.4 Å². The molecule has 0 unspecified atom stereocenters. The molecular weight excluding hydrogens is 470 g/mol. The fourth-order valence-electron chi connectivity index (χ4n) is 4.02. The molecule has 192 valence electrons. The Morgan fingerprint density at radius 1 is 0.946 bits per heavy atom. The van der Waals surface area contributed by atoms with Crippen LogP contribution in [0.3, 0.4) is 0 Å². The molecule has 0 aliphatic heterocycles. The number of methoxy groups -OCH3 is 2. The van der Waals surface area contributed by atoms with E-state index in [4.69, 9.17) is 18.7 Å². The zero-order valence-electron chi connectivity index (χ0n) is 21.3. The maximum Gasteiger partial charge on any atom is 0.249 e. The highest BCUT2D eigenvalue weighted by Crippen LogP contribution is 2.31. The van der Waals surface area contributed by atoms with E-state index in [0.717, 1.165) is 16.7 Å². The molecule has 0 fully saturated rings. The Morgan fingerprint density at radius 2 is 1.65 bits per heavy atom. The summed E-state index contributed by atoms with van der Waals surface area (Å²) in [6, 6.07) is 25.0. The SMILES string of the molecule is COc1ccc(-c2noc(CCN(C(=O)COCc3ccccc3)[C@@H](C)c3ccccc3)n2)cc1OC. The second kappa shape index (κ2) is 12.7. The van der Waals surface area contributed by atoms with Crippen molar-refractivity contribution in [2.24, 2.45) is 0 Å². The molecule has 0 aliphatic rings. The number of carbonyl (C=O) groups excluding carboxylic acids is 1. The highest BCUT2D eigenvalue weighted by molar-refractivity contribution is 5.78. The van der Waals surface area contributed by atoms with Gasteiger partial charge in [-0.25, -0.2) is 0 Å². The molecule has 1 atom stereocenters. The molecule has 3 aromatic carbocycles. The number of aromatic nitrogens is 2. The van der Waals surface area contributed by atoms with Crippen LogP contribution in [0.2, 0.25) is 0 Å². The summed E-state index contributed by atoms with van der Waals surface area (Å²) < 4.78 is 21.9. The smallest absolute Gasteiger partial charge is 0.249 e. The molecule has 0 bridgehead atoms. The monoisotopic (exact) mass is 501 g/mol. The predicted octanol–water partition coefficient (Wildman–Crippen LogP) is 5.10. The summed E-state index contributed by atoms with van der Waals surface area (Å²) >= 11 is 0. The van der Waals surface area contributed by atoms with Crippen molar-refractivity contribution in [2.75, 3.05) is 27.4 Å². The molecule has 8 heteroatoms. The zero-order valence-corrected chi connectivity index (χ0v) is 21.3. The van der Waals surface area contributed by atoms with Gasteiger partial charge in [0.2, 0.25) is 17.6 Å². The largest absolute Gasteiger partial charge is 0.493 e. The Balaban J connectivity index is 1.44. The fourth-order valence-corrected chi connectivity index (χ4v) is 4.02. The van der Waals surface area contributed by atoms with Gasteiger partial charge in [0.15, 0.2) is 11.5 Å². The molecule has 37 heavy (non-hydrogen) atoms.